The van der Waals surface area contributed by atoms with Crippen LogP contribution in [0.3, 0.4) is 0 Å². The maximum absolute atomic E-state index is 11.9. The van der Waals surface area contributed by atoms with Crippen LogP contribution in [0.25, 0.3) is 0 Å². The van der Waals surface area contributed by atoms with E-state index in [4.69, 9.17) is 14.2 Å². The van der Waals surface area contributed by atoms with Gasteiger partial charge in [0.15, 0.2) is 11.5 Å². The molecule has 5 nitrogen and oxygen atoms in total. The van der Waals surface area contributed by atoms with E-state index in [1.54, 1.807) is 6.08 Å². The maximum Gasteiger partial charge on any atom is 0.309 e. The summed E-state index contributed by atoms with van der Waals surface area (Å²) in [6.45, 7) is 9.01. The molecule has 1 saturated carbocycles. The van der Waals surface area contributed by atoms with Crippen molar-refractivity contribution < 1.29 is 19.0 Å². The second-order valence-corrected chi connectivity index (χ2v) is 6.25. The molecule has 0 aromatic heterocycles. The third-order valence-corrected chi connectivity index (χ3v) is 3.58. The van der Waals surface area contributed by atoms with Crippen molar-refractivity contribution in [2.75, 3.05) is 19.8 Å². The van der Waals surface area contributed by atoms with Crippen LogP contribution in [0.1, 0.15) is 26.7 Å². The SMILES string of the molecule is C=CCOc1ccccc1OCC(CNC(C)C)OC(=O)C1CC1. The standard InChI is InChI=1S/C19H27NO4/c1-4-11-22-17-7-5-6-8-18(17)23-13-16(12-20-14(2)3)24-19(21)15-9-10-15/h4-8,14-16,20H,1,9-13H2,2-3H3. The molecule has 1 atom stereocenters. The van der Waals surface area contributed by atoms with Crippen LogP contribution in [0.2, 0.25) is 0 Å². The topological polar surface area (TPSA) is 56.8 Å². The predicted molar refractivity (Wildman–Crippen MR) is 93.4 cm³/mol. The first kappa shape index (κ1) is 18.3. The monoisotopic (exact) mass is 333 g/mol. The van der Waals surface area contributed by atoms with Gasteiger partial charge in [-0.15, -0.1) is 0 Å². The zero-order chi connectivity index (χ0) is 17.4. The second kappa shape index (κ2) is 9.33. The summed E-state index contributed by atoms with van der Waals surface area (Å²) >= 11 is 0. The zero-order valence-corrected chi connectivity index (χ0v) is 14.5. The molecule has 0 heterocycles. The molecule has 2 rings (SSSR count). The number of ether oxygens (including phenoxy) is 3. The number of hydrogen-bond acceptors (Lipinski definition) is 5. The van der Waals surface area contributed by atoms with Crippen LogP contribution < -0.4 is 14.8 Å². The minimum absolute atomic E-state index is 0.0785. The van der Waals surface area contributed by atoms with E-state index >= 15 is 0 Å². The van der Waals surface area contributed by atoms with Crippen molar-refractivity contribution in [1.82, 2.24) is 5.32 Å². The minimum atomic E-state index is -0.326. The van der Waals surface area contributed by atoms with Gasteiger partial charge < -0.3 is 19.5 Å². The number of carbonyl (C=O) groups is 1. The fourth-order valence-electron chi connectivity index (χ4n) is 2.10. The average Bonchev–Trinajstić information content (AvgIpc) is 3.41. The fourth-order valence-corrected chi connectivity index (χ4v) is 2.10. The Morgan fingerprint density at radius 3 is 2.54 bits per heavy atom. The van der Waals surface area contributed by atoms with E-state index in [9.17, 15) is 4.79 Å². The molecule has 24 heavy (non-hydrogen) atoms. The third-order valence-electron chi connectivity index (χ3n) is 3.58. The Morgan fingerprint density at radius 2 is 1.96 bits per heavy atom. The summed E-state index contributed by atoms with van der Waals surface area (Å²) in [7, 11) is 0. The quantitative estimate of drug-likeness (QED) is 0.498. The molecule has 1 unspecified atom stereocenters. The molecule has 0 spiro atoms. The Morgan fingerprint density at radius 1 is 1.29 bits per heavy atom. The number of hydrogen-bond donors (Lipinski definition) is 1. The molecule has 0 aliphatic heterocycles. The average molecular weight is 333 g/mol. The van der Waals surface area contributed by atoms with Gasteiger partial charge in [0.2, 0.25) is 0 Å². The van der Waals surface area contributed by atoms with E-state index in [1.165, 1.54) is 0 Å². The molecule has 0 saturated heterocycles. The van der Waals surface area contributed by atoms with Crippen LogP contribution in [0.4, 0.5) is 0 Å². The molecule has 0 radical (unpaired) electrons. The van der Waals surface area contributed by atoms with Crippen molar-refractivity contribution >= 4 is 5.97 Å². The molecule has 0 amide bonds. The van der Waals surface area contributed by atoms with E-state index in [2.05, 4.69) is 25.7 Å². The van der Waals surface area contributed by atoms with Crippen LogP contribution >= 0.6 is 0 Å². The van der Waals surface area contributed by atoms with Gasteiger partial charge in [-0.05, 0) is 25.0 Å². The molecular formula is C19H27NO4. The van der Waals surface area contributed by atoms with E-state index in [1.807, 2.05) is 24.3 Å². The summed E-state index contributed by atoms with van der Waals surface area (Å²) in [6, 6.07) is 7.77. The lowest BCUT2D eigenvalue weighted by molar-refractivity contribution is -0.152. The number of carbonyl (C=O) groups excluding carboxylic acids is 1. The van der Waals surface area contributed by atoms with Crippen molar-refractivity contribution in [2.45, 2.75) is 38.8 Å². The van der Waals surface area contributed by atoms with Crippen LogP contribution in [-0.4, -0.2) is 37.9 Å². The van der Waals surface area contributed by atoms with E-state index in [0.29, 0.717) is 30.7 Å². The van der Waals surface area contributed by atoms with Gasteiger partial charge in [0.25, 0.3) is 0 Å². The number of esters is 1. The lowest BCUT2D eigenvalue weighted by Gasteiger charge is -2.21. The van der Waals surface area contributed by atoms with Crippen molar-refractivity contribution in [1.29, 1.82) is 0 Å². The Balaban J connectivity index is 1.92. The van der Waals surface area contributed by atoms with Gasteiger partial charge >= 0.3 is 5.97 Å². The van der Waals surface area contributed by atoms with Gasteiger partial charge in [0, 0.05) is 12.6 Å². The van der Waals surface area contributed by atoms with Gasteiger partial charge in [0.05, 0.1) is 5.92 Å². The lowest BCUT2D eigenvalue weighted by Crippen LogP contribution is -2.38. The molecule has 1 aromatic rings. The first-order chi connectivity index (χ1) is 11.6. The van der Waals surface area contributed by atoms with Crippen molar-refractivity contribution in [3.05, 3.63) is 36.9 Å². The molecule has 1 aliphatic rings. The first-order valence-corrected chi connectivity index (χ1v) is 8.49. The van der Waals surface area contributed by atoms with Gasteiger partial charge in [-0.3, -0.25) is 4.79 Å². The fraction of sp³-hybridized carbons (Fsp3) is 0.526. The summed E-state index contributed by atoms with van der Waals surface area (Å²) in [5.41, 5.74) is 0. The van der Waals surface area contributed by atoms with Crippen LogP contribution in [0.15, 0.2) is 36.9 Å². The highest BCUT2D eigenvalue weighted by Gasteiger charge is 2.33. The van der Waals surface area contributed by atoms with Gasteiger partial charge in [0.1, 0.15) is 19.3 Å². The number of rotatable bonds is 11. The van der Waals surface area contributed by atoms with Crippen LogP contribution in [-0.2, 0) is 9.53 Å². The minimum Gasteiger partial charge on any atom is -0.486 e. The highest BCUT2D eigenvalue weighted by Crippen LogP contribution is 2.31. The molecule has 1 N–H and O–H groups in total. The Hall–Kier alpha value is -2.01. The summed E-state index contributed by atoms with van der Waals surface area (Å²) in [6.07, 6.45) is 3.22. The molecule has 1 aliphatic carbocycles. The summed E-state index contributed by atoms with van der Waals surface area (Å²) in [5.74, 6) is 1.25. The predicted octanol–water partition coefficient (Wildman–Crippen LogP) is 2.95. The number of benzene rings is 1. The number of para-hydroxylation sites is 2. The Labute approximate surface area is 144 Å². The first-order valence-electron chi connectivity index (χ1n) is 8.49. The van der Waals surface area contributed by atoms with Crippen molar-refractivity contribution in [3.63, 3.8) is 0 Å². The third kappa shape index (κ3) is 6.24. The Kier molecular flexibility index (Phi) is 7.12. The van der Waals surface area contributed by atoms with Crippen molar-refractivity contribution in [2.24, 2.45) is 5.92 Å². The smallest absolute Gasteiger partial charge is 0.309 e. The summed E-state index contributed by atoms with van der Waals surface area (Å²) in [5, 5.41) is 3.29. The molecule has 1 fully saturated rings. The maximum atomic E-state index is 11.9. The molecule has 0 bridgehead atoms. The van der Waals surface area contributed by atoms with Gasteiger partial charge in [-0.2, -0.15) is 0 Å². The molecular weight excluding hydrogens is 306 g/mol. The largest absolute Gasteiger partial charge is 0.486 e. The normalized spacial score (nSPS) is 15.0. The van der Waals surface area contributed by atoms with Crippen molar-refractivity contribution in [3.8, 4) is 11.5 Å². The van der Waals surface area contributed by atoms with Gasteiger partial charge in [-0.25, -0.2) is 0 Å². The number of nitrogens with one attached hydrogen (secondary N) is 1. The zero-order valence-electron chi connectivity index (χ0n) is 14.5. The molecule has 132 valence electrons. The highest BCUT2D eigenvalue weighted by molar-refractivity contribution is 5.75. The van der Waals surface area contributed by atoms with E-state index in [0.717, 1.165) is 12.8 Å². The summed E-state index contributed by atoms with van der Waals surface area (Å²) < 4.78 is 17.0. The van der Waals surface area contributed by atoms with E-state index < -0.39 is 0 Å². The van der Waals surface area contributed by atoms with E-state index in [-0.39, 0.29) is 24.6 Å². The lowest BCUT2D eigenvalue weighted by atomic mass is 10.3. The van der Waals surface area contributed by atoms with Gasteiger partial charge in [-0.1, -0.05) is 38.6 Å². The molecule has 5 heteroatoms. The van der Waals surface area contributed by atoms with Crippen LogP contribution in [0, 0.1) is 5.92 Å². The second-order valence-electron chi connectivity index (χ2n) is 6.25. The molecule has 1 aromatic carbocycles. The van der Waals surface area contributed by atoms with Crippen LogP contribution in [0.5, 0.6) is 11.5 Å². The summed E-state index contributed by atoms with van der Waals surface area (Å²) in [4.78, 5) is 11.9. The highest BCUT2D eigenvalue weighted by atomic mass is 16.6. The Bertz CT molecular complexity index is 540.